The quantitative estimate of drug-likeness (QED) is 0.367. The van der Waals surface area contributed by atoms with Crippen molar-refractivity contribution in [2.24, 2.45) is 16.8 Å². The Morgan fingerprint density at radius 3 is 2.58 bits per heavy atom. The van der Waals surface area contributed by atoms with Gasteiger partial charge >= 0.3 is 0 Å². The Labute approximate surface area is 110 Å². The SMILES string of the molecule is NC(=NO)C1CCN(C(=O)c2ccccc2F)CC1. The molecule has 1 amide bonds. The second kappa shape index (κ2) is 5.69. The molecule has 19 heavy (non-hydrogen) atoms. The second-order valence-electron chi connectivity index (χ2n) is 4.57. The average molecular weight is 265 g/mol. The van der Waals surface area contributed by atoms with Crippen molar-refractivity contribution < 1.29 is 14.4 Å². The summed E-state index contributed by atoms with van der Waals surface area (Å²) in [5.74, 6) is -0.644. The van der Waals surface area contributed by atoms with E-state index >= 15 is 0 Å². The fraction of sp³-hybridized carbons (Fsp3) is 0.385. The van der Waals surface area contributed by atoms with Crippen LogP contribution in [0.25, 0.3) is 0 Å². The van der Waals surface area contributed by atoms with E-state index in [-0.39, 0.29) is 23.2 Å². The summed E-state index contributed by atoms with van der Waals surface area (Å²) in [6.07, 6.45) is 1.24. The molecule has 1 saturated heterocycles. The number of likely N-dealkylation sites (tertiary alicyclic amines) is 1. The molecular weight excluding hydrogens is 249 g/mol. The Balaban J connectivity index is 2.02. The highest BCUT2D eigenvalue weighted by Crippen LogP contribution is 2.20. The van der Waals surface area contributed by atoms with E-state index in [2.05, 4.69) is 5.16 Å². The standard InChI is InChI=1S/C13H16FN3O2/c14-11-4-2-1-3-10(11)13(18)17-7-5-9(6-8-17)12(15)16-19/h1-4,9,19H,5-8H2,(H2,15,16). The number of oxime groups is 1. The zero-order valence-electron chi connectivity index (χ0n) is 10.4. The van der Waals surface area contributed by atoms with Crippen LogP contribution in [0.5, 0.6) is 0 Å². The fourth-order valence-corrected chi connectivity index (χ4v) is 2.26. The van der Waals surface area contributed by atoms with Gasteiger partial charge in [0.05, 0.1) is 5.56 Å². The van der Waals surface area contributed by atoms with E-state index in [0.29, 0.717) is 25.9 Å². The lowest BCUT2D eigenvalue weighted by Crippen LogP contribution is -2.42. The van der Waals surface area contributed by atoms with Crippen LogP contribution < -0.4 is 5.73 Å². The predicted octanol–water partition coefficient (Wildman–Crippen LogP) is 1.42. The summed E-state index contributed by atoms with van der Waals surface area (Å²) in [4.78, 5) is 13.7. The predicted molar refractivity (Wildman–Crippen MR) is 68.4 cm³/mol. The van der Waals surface area contributed by atoms with E-state index in [0.717, 1.165) is 0 Å². The van der Waals surface area contributed by atoms with Gasteiger partial charge in [0, 0.05) is 19.0 Å². The van der Waals surface area contributed by atoms with Crippen LogP contribution in [0.1, 0.15) is 23.2 Å². The number of benzene rings is 1. The zero-order valence-corrected chi connectivity index (χ0v) is 10.4. The van der Waals surface area contributed by atoms with Crippen molar-refractivity contribution in [2.75, 3.05) is 13.1 Å². The van der Waals surface area contributed by atoms with Gasteiger partial charge in [0.2, 0.25) is 0 Å². The van der Waals surface area contributed by atoms with Crippen molar-refractivity contribution >= 4 is 11.7 Å². The van der Waals surface area contributed by atoms with Crippen molar-refractivity contribution in [2.45, 2.75) is 12.8 Å². The molecule has 0 aliphatic carbocycles. The van der Waals surface area contributed by atoms with Gasteiger partial charge in [-0.2, -0.15) is 0 Å². The van der Waals surface area contributed by atoms with Crippen molar-refractivity contribution in [3.05, 3.63) is 35.6 Å². The first kappa shape index (κ1) is 13.3. The average Bonchev–Trinajstić information content (AvgIpc) is 2.46. The summed E-state index contributed by atoms with van der Waals surface area (Å²) >= 11 is 0. The minimum Gasteiger partial charge on any atom is -0.409 e. The Kier molecular flexibility index (Phi) is 3.99. The number of rotatable bonds is 2. The van der Waals surface area contributed by atoms with Crippen molar-refractivity contribution in [3.8, 4) is 0 Å². The molecular formula is C13H16FN3O2. The number of nitrogens with two attached hydrogens (primary N) is 1. The smallest absolute Gasteiger partial charge is 0.256 e. The minimum atomic E-state index is -0.508. The Morgan fingerprint density at radius 2 is 2.00 bits per heavy atom. The van der Waals surface area contributed by atoms with E-state index in [1.54, 1.807) is 17.0 Å². The summed E-state index contributed by atoms with van der Waals surface area (Å²) in [6.45, 7) is 0.960. The van der Waals surface area contributed by atoms with Crippen LogP contribution in [-0.4, -0.2) is 34.9 Å². The van der Waals surface area contributed by atoms with Gasteiger partial charge in [-0.05, 0) is 25.0 Å². The number of carbonyl (C=O) groups excluding carboxylic acids is 1. The molecule has 1 aliphatic rings. The van der Waals surface area contributed by atoms with E-state index in [1.165, 1.54) is 12.1 Å². The van der Waals surface area contributed by atoms with E-state index in [1.807, 2.05) is 0 Å². The van der Waals surface area contributed by atoms with Crippen molar-refractivity contribution in [3.63, 3.8) is 0 Å². The molecule has 0 spiro atoms. The van der Waals surface area contributed by atoms with Gasteiger partial charge < -0.3 is 15.8 Å². The number of carbonyl (C=O) groups is 1. The maximum Gasteiger partial charge on any atom is 0.256 e. The second-order valence-corrected chi connectivity index (χ2v) is 4.57. The van der Waals surface area contributed by atoms with Crippen LogP contribution in [0.4, 0.5) is 4.39 Å². The van der Waals surface area contributed by atoms with Gasteiger partial charge in [-0.3, -0.25) is 4.79 Å². The summed E-state index contributed by atoms with van der Waals surface area (Å²) in [5.41, 5.74) is 5.63. The van der Waals surface area contributed by atoms with Gasteiger partial charge in [0.1, 0.15) is 11.7 Å². The monoisotopic (exact) mass is 265 g/mol. The highest BCUT2D eigenvalue weighted by atomic mass is 19.1. The fourth-order valence-electron chi connectivity index (χ4n) is 2.26. The molecule has 0 saturated carbocycles. The highest BCUT2D eigenvalue weighted by molar-refractivity contribution is 5.94. The molecule has 102 valence electrons. The molecule has 1 heterocycles. The molecule has 0 unspecified atom stereocenters. The Bertz CT molecular complexity index is 496. The molecule has 1 aromatic rings. The first-order chi connectivity index (χ1) is 9.13. The Morgan fingerprint density at radius 1 is 1.37 bits per heavy atom. The van der Waals surface area contributed by atoms with E-state index in [9.17, 15) is 9.18 Å². The zero-order chi connectivity index (χ0) is 13.8. The third-order valence-corrected chi connectivity index (χ3v) is 3.42. The number of amidine groups is 1. The number of hydrogen-bond acceptors (Lipinski definition) is 3. The maximum absolute atomic E-state index is 13.5. The molecule has 0 aromatic heterocycles. The van der Waals surface area contributed by atoms with Gasteiger partial charge in [-0.25, -0.2) is 4.39 Å². The van der Waals surface area contributed by atoms with Crippen molar-refractivity contribution in [1.29, 1.82) is 0 Å². The first-order valence-corrected chi connectivity index (χ1v) is 6.14. The largest absolute Gasteiger partial charge is 0.409 e. The molecule has 5 nitrogen and oxygen atoms in total. The van der Waals surface area contributed by atoms with Crippen LogP contribution in [0.3, 0.4) is 0 Å². The molecule has 0 bridgehead atoms. The number of piperidine rings is 1. The maximum atomic E-state index is 13.5. The molecule has 3 N–H and O–H groups in total. The molecule has 0 radical (unpaired) electrons. The third-order valence-electron chi connectivity index (χ3n) is 3.42. The lowest BCUT2D eigenvalue weighted by Gasteiger charge is -2.31. The number of nitrogens with zero attached hydrogens (tertiary/aromatic N) is 2. The number of hydrogen-bond donors (Lipinski definition) is 2. The molecule has 6 heteroatoms. The van der Waals surface area contributed by atoms with Crippen LogP contribution >= 0.6 is 0 Å². The molecule has 1 aromatic carbocycles. The minimum absolute atomic E-state index is 0.0188. The van der Waals surface area contributed by atoms with Gasteiger partial charge in [-0.15, -0.1) is 0 Å². The van der Waals surface area contributed by atoms with Crippen molar-refractivity contribution in [1.82, 2.24) is 4.90 Å². The first-order valence-electron chi connectivity index (χ1n) is 6.14. The third kappa shape index (κ3) is 2.83. The Hall–Kier alpha value is -2.11. The lowest BCUT2D eigenvalue weighted by molar-refractivity contribution is 0.0704. The van der Waals surface area contributed by atoms with Crippen LogP contribution in [0.15, 0.2) is 29.4 Å². The normalized spacial score (nSPS) is 17.5. The molecule has 1 aliphatic heterocycles. The summed E-state index contributed by atoms with van der Waals surface area (Å²) in [6, 6.07) is 5.94. The van der Waals surface area contributed by atoms with E-state index < -0.39 is 5.82 Å². The lowest BCUT2D eigenvalue weighted by atomic mass is 9.95. The van der Waals surface area contributed by atoms with Crippen LogP contribution in [-0.2, 0) is 0 Å². The summed E-state index contributed by atoms with van der Waals surface area (Å²) in [7, 11) is 0. The van der Waals surface area contributed by atoms with Crippen LogP contribution in [0, 0.1) is 11.7 Å². The number of amides is 1. The topological polar surface area (TPSA) is 78.9 Å². The molecule has 1 fully saturated rings. The summed E-state index contributed by atoms with van der Waals surface area (Å²) < 4.78 is 13.5. The van der Waals surface area contributed by atoms with Gasteiger partial charge in [0.25, 0.3) is 5.91 Å². The number of halogens is 1. The molecule has 0 atom stereocenters. The van der Waals surface area contributed by atoms with Gasteiger partial charge in [-0.1, -0.05) is 17.3 Å². The van der Waals surface area contributed by atoms with Gasteiger partial charge in [0.15, 0.2) is 0 Å². The summed E-state index contributed by atoms with van der Waals surface area (Å²) in [5, 5.41) is 11.6. The van der Waals surface area contributed by atoms with Crippen LogP contribution in [0.2, 0.25) is 0 Å². The molecule has 2 rings (SSSR count). The highest BCUT2D eigenvalue weighted by Gasteiger charge is 2.26. The van der Waals surface area contributed by atoms with E-state index in [4.69, 9.17) is 10.9 Å².